The van der Waals surface area contributed by atoms with Gasteiger partial charge in [-0.05, 0) is 30.3 Å². The number of imidazole rings is 1. The average Bonchev–Trinajstić information content (AvgIpc) is 2.97. The highest BCUT2D eigenvalue weighted by Crippen LogP contribution is 2.32. The Bertz CT molecular complexity index is 1060. The summed E-state index contributed by atoms with van der Waals surface area (Å²) in [6.07, 6.45) is 0.306. The zero-order valence-electron chi connectivity index (χ0n) is 13.7. The number of carbonyl (C=O) groups excluding carboxylic acids is 1. The molecule has 3 aromatic rings. The fraction of sp³-hybridized carbons (Fsp3) is 0.158. The van der Waals surface area contributed by atoms with Gasteiger partial charge in [0.25, 0.3) is 0 Å². The molecule has 2 heterocycles. The molecule has 0 bridgehead atoms. The van der Waals surface area contributed by atoms with E-state index in [0.29, 0.717) is 34.9 Å². The number of hydrogen-bond donors (Lipinski definition) is 2. The maximum atomic E-state index is 13.7. The molecule has 0 unspecified atom stereocenters. The number of hydrogen-bond acceptors (Lipinski definition) is 3. The lowest BCUT2D eigenvalue weighted by Crippen LogP contribution is -2.18. The Morgan fingerprint density at radius 2 is 2.12 bits per heavy atom. The number of rotatable bonds is 3. The molecule has 0 saturated carbocycles. The number of aliphatic hydroxyl groups is 1. The summed E-state index contributed by atoms with van der Waals surface area (Å²) in [6, 6.07) is 11.3. The number of benzene rings is 2. The van der Waals surface area contributed by atoms with Gasteiger partial charge in [0, 0.05) is 23.6 Å². The number of para-hydroxylation sites is 1. The molecule has 0 atom stereocenters. The van der Waals surface area contributed by atoms with E-state index in [0.717, 1.165) is 5.52 Å². The number of halogens is 2. The lowest BCUT2D eigenvalue weighted by atomic mass is 10.0. The van der Waals surface area contributed by atoms with Crippen LogP contribution in [0.4, 0.5) is 10.1 Å². The molecule has 4 rings (SSSR count). The summed E-state index contributed by atoms with van der Waals surface area (Å²) in [6.45, 7) is 0.567. The second-order valence-electron chi connectivity index (χ2n) is 6.10. The first-order chi connectivity index (χ1) is 12.5. The summed E-state index contributed by atoms with van der Waals surface area (Å²) >= 11 is 6.03. The second kappa shape index (κ2) is 6.46. The molecule has 1 amide bonds. The maximum absolute atomic E-state index is 13.7. The third kappa shape index (κ3) is 2.93. The van der Waals surface area contributed by atoms with Crippen molar-refractivity contribution in [1.82, 2.24) is 9.55 Å². The van der Waals surface area contributed by atoms with Crippen molar-refractivity contribution in [2.24, 2.45) is 0 Å². The smallest absolute Gasteiger partial charge is 0.229 e. The topological polar surface area (TPSA) is 67.1 Å². The van der Waals surface area contributed by atoms with E-state index in [1.165, 1.54) is 12.1 Å². The lowest BCUT2D eigenvalue weighted by Gasteiger charge is -2.19. The van der Waals surface area contributed by atoms with Gasteiger partial charge in [0.05, 0.1) is 23.1 Å². The predicted octanol–water partition coefficient (Wildman–Crippen LogP) is 4.53. The number of carbonyl (C=O) groups is 1. The van der Waals surface area contributed by atoms with Gasteiger partial charge in [-0.25, -0.2) is 9.37 Å². The van der Waals surface area contributed by atoms with Crippen LogP contribution >= 0.6 is 11.6 Å². The Hall–Kier alpha value is -2.86. The first-order valence-electron chi connectivity index (χ1n) is 8.14. The van der Waals surface area contributed by atoms with Crippen LogP contribution in [0.5, 0.6) is 0 Å². The minimum absolute atomic E-state index is 0.1000. The number of fused-ring (bicyclic) bond motifs is 3. The number of aryl methyl sites for hydroxylation is 1. The predicted molar refractivity (Wildman–Crippen MR) is 98.6 cm³/mol. The van der Waals surface area contributed by atoms with Crippen molar-refractivity contribution < 1.29 is 14.3 Å². The van der Waals surface area contributed by atoms with Crippen LogP contribution in [0.25, 0.3) is 16.6 Å². The van der Waals surface area contributed by atoms with E-state index in [-0.39, 0.29) is 17.9 Å². The number of nitrogens with zero attached hydrogens (tertiary/aromatic N) is 2. The van der Waals surface area contributed by atoms with Crippen molar-refractivity contribution in [2.75, 3.05) is 5.32 Å². The van der Waals surface area contributed by atoms with E-state index in [1.807, 2.05) is 10.6 Å². The molecule has 5 nitrogen and oxygen atoms in total. The number of aliphatic hydroxyl groups excluding tert-OH is 1. The van der Waals surface area contributed by atoms with Crippen molar-refractivity contribution in [2.45, 2.75) is 19.4 Å². The quantitative estimate of drug-likeness (QED) is 0.710. The highest BCUT2D eigenvalue weighted by atomic mass is 35.5. The van der Waals surface area contributed by atoms with Crippen molar-refractivity contribution >= 4 is 39.8 Å². The van der Waals surface area contributed by atoms with E-state index in [9.17, 15) is 14.3 Å². The molecule has 0 spiro atoms. The van der Waals surface area contributed by atoms with Crippen molar-refractivity contribution in [1.29, 1.82) is 0 Å². The number of allylic oxidation sites excluding steroid dienone is 1. The lowest BCUT2D eigenvalue weighted by molar-refractivity contribution is -0.115. The molecular formula is C19H15ClFN3O2. The van der Waals surface area contributed by atoms with Gasteiger partial charge in [-0.2, -0.15) is 0 Å². The van der Waals surface area contributed by atoms with Crippen LogP contribution in [0.15, 0.2) is 48.2 Å². The minimum atomic E-state index is -0.510. The van der Waals surface area contributed by atoms with E-state index in [2.05, 4.69) is 10.3 Å². The van der Waals surface area contributed by atoms with E-state index < -0.39 is 11.7 Å². The van der Waals surface area contributed by atoms with Crippen molar-refractivity contribution in [3.05, 3.63) is 64.9 Å². The largest absolute Gasteiger partial charge is 0.512 e. The molecule has 0 radical (unpaired) electrons. The van der Waals surface area contributed by atoms with Gasteiger partial charge in [0.1, 0.15) is 17.4 Å². The average molecular weight is 372 g/mol. The maximum Gasteiger partial charge on any atom is 0.229 e. The van der Waals surface area contributed by atoms with E-state index in [1.54, 1.807) is 24.3 Å². The fourth-order valence-corrected chi connectivity index (χ4v) is 3.32. The van der Waals surface area contributed by atoms with Gasteiger partial charge in [-0.1, -0.05) is 23.7 Å². The number of nitrogens with one attached hydrogen (secondary N) is 1. The highest BCUT2D eigenvalue weighted by molar-refractivity contribution is 6.31. The first kappa shape index (κ1) is 16.6. The molecular weight excluding hydrogens is 357 g/mol. The van der Waals surface area contributed by atoms with Gasteiger partial charge in [-0.15, -0.1) is 0 Å². The summed E-state index contributed by atoms with van der Waals surface area (Å²) in [4.78, 5) is 16.9. The van der Waals surface area contributed by atoms with Crippen LogP contribution in [0, 0.1) is 5.82 Å². The van der Waals surface area contributed by atoms with E-state index in [4.69, 9.17) is 11.6 Å². The normalized spacial score (nSPS) is 13.8. The summed E-state index contributed by atoms with van der Waals surface area (Å²) in [7, 11) is 0. The SMILES string of the molecule is O=C(CC1=C(O)CCn2c1nc1cc(Cl)ccc12)Nc1ccccc1F. The zero-order valence-corrected chi connectivity index (χ0v) is 14.4. The summed E-state index contributed by atoms with van der Waals surface area (Å²) in [5.41, 5.74) is 2.14. The Morgan fingerprint density at radius 1 is 1.31 bits per heavy atom. The molecule has 2 N–H and O–H groups in total. The third-order valence-corrected chi connectivity index (χ3v) is 4.62. The first-order valence-corrected chi connectivity index (χ1v) is 8.52. The van der Waals surface area contributed by atoms with Gasteiger partial charge in [0.2, 0.25) is 5.91 Å². The molecule has 1 aromatic heterocycles. The molecule has 26 heavy (non-hydrogen) atoms. The standard InChI is InChI=1S/C19H15ClFN3O2/c20-11-5-6-16-15(9-11)23-19-12(17(25)7-8-24(16)19)10-18(26)22-14-4-2-1-3-13(14)21/h1-6,9,25H,7-8,10H2,(H,22,26). The Kier molecular flexibility index (Phi) is 4.12. The highest BCUT2D eigenvalue weighted by Gasteiger charge is 2.25. The summed E-state index contributed by atoms with van der Waals surface area (Å²) in [5.74, 6) is -0.267. The third-order valence-electron chi connectivity index (χ3n) is 4.39. The van der Waals surface area contributed by atoms with Gasteiger partial charge in [0.15, 0.2) is 0 Å². The Balaban J connectivity index is 1.65. The molecule has 1 aliphatic rings. The van der Waals surface area contributed by atoms with Gasteiger partial charge < -0.3 is 15.0 Å². The van der Waals surface area contributed by atoms with Crippen LogP contribution in [0.3, 0.4) is 0 Å². The van der Waals surface area contributed by atoms with Crippen LogP contribution in [-0.4, -0.2) is 20.6 Å². The van der Waals surface area contributed by atoms with Crippen LogP contribution in [-0.2, 0) is 11.3 Å². The van der Waals surface area contributed by atoms with E-state index >= 15 is 0 Å². The fourth-order valence-electron chi connectivity index (χ4n) is 3.16. The molecule has 0 fully saturated rings. The molecule has 0 saturated heterocycles. The van der Waals surface area contributed by atoms with Gasteiger partial charge in [-0.3, -0.25) is 4.79 Å². The minimum Gasteiger partial charge on any atom is -0.512 e. The summed E-state index contributed by atoms with van der Waals surface area (Å²) in [5, 5.41) is 13.4. The number of amides is 1. The van der Waals surface area contributed by atoms with Crippen LogP contribution < -0.4 is 5.32 Å². The number of anilines is 1. The van der Waals surface area contributed by atoms with Crippen molar-refractivity contribution in [3.8, 4) is 0 Å². The molecule has 1 aliphatic heterocycles. The van der Waals surface area contributed by atoms with Gasteiger partial charge >= 0.3 is 0 Å². The van der Waals surface area contributed by atoms with Crippen molar-refractivity contribution in [3.63, 3.8) is 0 Å². The number of aromatic nitrogens is 2. The molecule has 2 aromatic carbocycles. The molecule has 7 heteroatoms. The molecule has 132 valence electrons. The Morgan fingerprint density at radius 3 is 2.92 bits per heavy atom. The second-order valence-corrected chi connectivity index (χ2v) is 6.54. The monoisotopic (exact) mass is 371 g/mol. The van der Waals surface area contributed by atoms with Crippen LogP contribution in [0.1, 0.15) is 18.7 Å². The zero-order chi connectivity index (χ0) is 18.3. The molecule has 0 aliphatic carbocycles. The summed E-state index contributed by atoms with van der Waals surface area (Å²) < 4.78 is 15.7. The Labute approximate surface area is 153 Å². The van der Waals surface area contributed by atoms with Crippen LogP contribution in [0.2, 0.25) is 5.02 Å².